The molecule has 0 aliphatic carbocycles. The molecule has 1 aliphatic heterocycles. The number of hydrogen-bond donors (Lipinski definition) is 2. The van der Waals surface area contributed by atoms with Gasteiger partial charge in [0.05, 0.1) is 0 Å². The van der Waals surface area contributed by atoms with Crippen LogP contribution in [0.5, 0.6) is 11.5 Å². The average molecular weight is 356 g/mol. The van der Waals surface area contributed by atoms with Gasteiger partial charge in [0.25, 0.3) is 0 Å². The Hall–Kier alpha value is -3.42. The highest BCUT2D eigenvalue weighted by atomic mass is 19.1. The fourth-order valence-electron chi connectivity index (χ4n) is 2.54. The number of aromatic nitrogens is 2. The molecular weight excluding hydrogens is 342 g/mol. The van der Waals surface area contributed by atoms with Crippen molar-refractivity contribution in [2.75, 3.05) is 17.4 Å². The van der Waals surface area contributed by atoms with Crippen molar-refractivity contribution in [1.29, 1.82) is 0 Å². The second kappa shape index (κ2) is 6.47. The van der Waals surface area contributed by atoms with Gasteiger partial charge in [0, 0.05) is 23.5 Å². The van der Waals surface area contributed by atoms with Crippen LogP contribution < -0.4 is 20.1 Å². The molecule has 0 fully saturated rings. The van der Waals surface area contributed by atoms with Gasteiger partial charge in [-0.15, -0.1) is 0 Å². The van der Waals surface area contributed by atoms with Crippen LogP contribution in [-0.2, 0) is 0 Å². The van der Waals surface area contributed by atoms with E-state index in [9.17, 15) is 8.78 Å². The molecule has 0 unspecified atom stereocenters. The topological polar surface area (TPSA) is 68.3 Å². The maximum atomic E-state index is 13.8. The molecule has 0 amide bonds. The number of aryl methyl sites for hydroxylation is 1. The Kier molecular flexibility index (Phi) is 4.00. The Labute approximate surface area is 147 Å². The molecule has 0 radical (unpaired) electrons. The predicted molar refractivity (Wildman–Crippen MR) is 92.3 cm³/mol. The number of nitrogens with one attached hydrogen (secondary N) is 2. The van der Waals surface area contributed by atoms with Crippen molar-refractivity contribution >= 4 is 23.1 Å². The van der Waals surface area contributed by atoms with Gasteiger partial charge >= 0.3 is 0 Å². The Morgan fingerprint density at radius 2 is 1.69 bits per heavy atom. The van der Waals surface area contributed by atoms with Crippen LogP contribution in [0.25, 0.3) is 0 Å². The van der Waals surface area contributed by atoms with Crippen LogP contribution in [0.15, 0.2) is 42.5 Å². The smallest absolute Gasteiger partial charge is 0.231 e. The number of para-hydroxylation sites is 1. The lowest BCUT2D eigenvalue weighted by Gasteiger charge is -2.11. The SMILES string of the molecule is Cc1cc(Nc2ccc3c(c2)OCO3)nc(Nc2c(F)cccc2F)n1. The van der Waals surface area contributed by atoms with Gasteiger partial charge in [0.1, 0.15) is 23.1 Å². The number of rotatable bonds is 4. The zero-order valence-electron chi connectivity index (χ0n) is 13.7. The molecule has 0 atom stereocenters. The summed E-state index contributed by atoms with van der Waals surface area (Å²) in [5.74, 6) is 0.410. The standard InChI is InChI=1S/C18H14F2N4O2/c1-10-7-16(22-11-5-6-14-15(8-11)26-9-25-14)23-18(21-10)24-17-12(19)3-2-4-13(17)20/h2-8H,9H2,1H3,(H2,21,22,23,24). The van der Waals surface area contributed by atoms with Crippen LogP contribution in [0, 0.1) is 18.6 Å². The maximum Gasteiger partial charge on any atom is 0.231 e. The van der Waals surface area contributed by atoms with Crippen LogP contribution in [0.2, 0.25) is 0 Å². The molecule has 2 aromatic carbocycles. The van der Waals surface area contributed by atoms with Crippen LogP contribution in [0.4, 0.5) is 31.9 Å². The molecule has 26 heavy (non-hydrogen) atoms. The van der Waals surface area contributed by atoms with Crippen molar-refractivity contribution < 1.29 is 18.3 Å². The molecule has 6 nitrogen and oxygen atoms in total. The normalized spacial score (nSPS) is 12.1. The monoisotopic (exact) mass is 356 g/mol. The maximum absolute atomic E-state index is 13.8. The van der Waals surface area contributed by atoms with Crippen molar-refractivity contribution in [2.45, 2.75) is 6.92 Å². The van der Waals surface area contributed by atoms with E-state index in [-0.39, 0.29) is 18.4 Å². The van der Waals surface area contributed by atoms with E-state index < -0.39 is 11.6 Å². The molecule has 132 valence electrons. The van der Waals surface area contributed by atoms with Gasteiger partial charge in [0.2, 0.25) is 12.7 Å². The van der Waals surface area contributed by atoms with Crippen molar-refractivity contribution in [1.82, 2.24) is 9.97 Å². The first-order valence-electron chi connectivity index (χ1n) is 7.82. The molecule has 0 saturated heterocycles. The van der Waals surface area contributed by atoms with Crippen LogP contribution in [-0.4, -0.2) is 16.8 Å². The summed E-state index contributed by atoms with van der Waals surface area (Å²) in [5.41, 5.74) is 1.06. The first-order valence-corrected chi connectivity index (χ1v) is 7.82. The van der Waals surface area contributed by atoms with E-state index >= 15 is 0 Å². The van der Waals surface area contributed by atoms with Crippen LogP contribution >= 0.6 is 0 Å². The highest BCUT2D eigenvalue weighted by Crippen LogP contribution is 2.35. The second-order valence-electron chi connectivity index (χ2n) is 5.63. The van der Waals surface area contributed by atoms with Gasteiger partial charge < -0.3 is 20.1 Å². The Morgan fingerprint density at radius 1 is 0.923 bits per heavy atom. The summed E-state index contributed by atoms with van der Waals surface area (Å²) >= 11 is 0. The first kappa shape index (κ1) is 16.1. The molecule has 8 heteroatoms. The third kappa shape index (κ3) is 3.21. The first-order chi connectivity index (χ1) is 12.6. The lowest BCUT2D eigenvalue weighted by Crippen LogP contribution is -2.04. The Morgan fingerprint density at radius 3 is 2.50 bits per heavy atom. The van der Waals surface area contributed by atoms with Crippen molar-refractivity contribution in [3.63, 3.8) is 0 Å². The van der Waals surface area contributed by atoms with Crippen molar-refractivity contribution in [3.05, 3.63) is 59.8 Å². The summed E-state index contributed by atoms with van der Waals surface area (Å²) in [7, 11) is 0. The number of hydrogen-bond acceptors (Lipinski definition) is 6. The van der Waals surface area contributed by atoms with Crippen molar-refractivity contribution in [3.8, 4) is 11.5 Å². The summed E-state index contributed by atoms with van der Waals surface area (Å²) < 4.78 is 38.2. The van der Waals surface area contributed by atoms with Crippen LogP contribution in [0.3, 0.4) is 0 Å². The van der Waals surface area contributed by atoms with E-state index in [1.807, 2.05) is 6.07 Å². The van der Waals surface area contributed by atoms with E-state index in [1.54, 1.807) is 25.1 Å². The molecule has 1 aromatic heterocycles. The zero-order valence-corrected chi connectivity index (χ0v) is 13.7. The Bertz CT molecular complexity index is 961. The number of anilines is 4. The van der Waals surface area contributed by atoms with Gasteiger partial charge in [-0.3, -0.25) is 0 Å². The second-order valence-corrected chi connectivity index (χ2v) is 5.63. The third-order valence-corrected chi connectivity index (χ3v) is 3.70. The fourth-order valence-corrected chi connectivity index (χ4v) is 2.54. The number of benzene rings is 2. The van der Waals surface area contributed by atoms with Gasteiger partial charge in [-0.1, -0.05) is 6.07 Å². The average Bonchev–Trinajstić information content (AvgIpc) is 3.05. The van der Waals surface area contributed by atoms with Gasteiger partial charge in [-0.2, -0.15) is 4.98 Å². The minimum Gasteiger partial charge on any atom is -0.454 e. The highest BCUT2D eigenvalue weighted by molar-refractivity contribution is 5.64. The zero-order chi connectivity index (χ0) is 18.1. The van der Waals surface area contributed by atoms with E-state index in [4.69, 9.17) is 9.47 Å². The van der Waals surface area contributed by atoms with Crippen LogP contribution in [0.1, 0.15) is 5.69 Å². The largest absolute Gasteiger partial charge is 0.454 e. The number of ether oxygens (including phenoxy) is 2. The molecule has 0 saturated carbocycles. The number of fused-ring (bicyclic) bond motifs is 1. The highest BCUT2D eigenvalue weighted by Gasteiger charge is 2.14. The van der Waals surface area contributed by atoms with E-state index in [1.165, 1.54) is 6.07 Å². The number of halogens is 2. The summed E-state index contributed by atoms with van der Waals surface area (Å²) in [6, 6.07) is 10.7. The third-order valence-electron chi connectivity index (χ3n) is 3.70. The Balaban J connectivity index is 1.60. The lowest BCUT2D eigenvalue weighted by molar-refractivity contribution is 0.174. The van der Waals surface area contributed by atoms with Gasteiger partial charge in [-0.25, -0.2) is 13.8 Å². The molecule has 2 heterocycles. The summed E-state index contributed by atoms with van der Waals surface area (Å²) in [4.78, 5) is 8.43. The minimum atomic E-state index is -0.722. The van der Waals surface area contributed by atoms with Gasteiger partial charge in [-0.05, 0) is 31.2 Å². The van der Waals surface area contributed by atoms with Crippen molar-refractivity contribution in [2.24, 2.45) is 0 Å². The number of nitrogens with zero attached hydrogens (tertiary/aromatic N) is 2. The van der Waals surface area contributed by atoms with E-state index in [0.717, 1.165) is 17.8 Å². The molecular formula is C18H14F2N4O2. The summed E-state index contributed by atoms with van der Waals surface area (Å²) in [6.07, 6.45) is 0. The molecule has 4 rings (SSSR count). The predicted octanol–water partition coefficient (Wildman–Crippen LogP) is 4.28. The molecule has 0 spiro atoms. The molecule has 0 bridgehead atoms. The summed E-state index contributed by atoms with van der Waals surface area (Å²) in [5, 5.41) is 5.71. The van der Waals surface area contributed by atoms with E-state index in [0.29, 0.717) is 23.0 Å². The van der Waals surface area contributed by atoms with Gasteiger partial charge in [0.15, 0.2) is 11.5 Å². The fraction of sp³-hybridized carbons (Fsp3) is 0.111. The quantitative estimate of drug-likeness (QED) is 0.727. The molecule has 3 aromatic rings. The minimum absolute atomic E-state index is 0.0808. The molecule has 1 aliphatic rings. The lowest BCUT2D eigenvalue weighted by atomic mass is 10.2. The summed E-state index contributed by atoms with van der Waals surface area (Å²) in [6.45, 7) is 1.95. The molecule has 2 N–H and O–H groups in total. The van der Waals surface area contributed by atoms with E-state index in [2.05, 4.69) is 20.6 Å².